The molecule has 0 radical (unpaired) electrons. The lowest BCUT2D eigenvalue weighted by molar-refractivity contribution is -0.118. The standard InChI is InChI=1S/C27H27N5OS/c1-17-9-10-23(15-18(17)2)32-25(21-11-13-28-14-12-21)29-30-27(32)34-20(4)26(33)31-19(3)16-22-7-5-6-8-24(22)31/h5-15,19-20H,16H2,1-4H3. The van der Waals surface area contributed by atoms with Gasteiger partial charge in [-0.3, -0.25) is 14.3 Å². The lowest BCUT2D eigenvalue weighted by atomic mass is 10.1. The summed E-state index contributed by atoms with van der Waals surface area (Å²) in [5, 5.41) is 9.40. The van der Waals surface area contributed by atoms with Crippen molar-refractivity contribution in [3.63, 3.8) is 0 Å². The smallest absolute Gasteiger partial charge is 0.240 e. The van der Waals surface area contributed by atoms with Crippen LogP contribution in [0.15, 0.2) is 72.1 Å². The number of thioether (sulfide) groups is 1. The van der Waals surface area contributed by atoms with Gasteiger partial charge in [-0.1, -0.05) is 36.0 Å². The molecule has 0 bridgehead atoms. The van der Waals surface area contributed by atoms with Gasteiger partial charge in [0, 0.05) is 29.7 Å². The SMILES string of the molecule is Cc1ccc(-n2c(SC(C)C(=O)N3c4ccccc4CC3C)nnc2-c2ccncc2)cc1C. The van der Waals surface area contributed by atoms with Crippen LogP contribution < -0.4 is 4.90 Å². The highest BCUT2D eigenvalue weighted by molar-refractivity contribution is 8.00. The van der Waals surface area contributed by atoms with Gasteiger partial charge in [0.15, 0.2) is 11.0 Å². The zero-order valence-electron chi connectivity index (χ0n) is 19.8. The van der Waals surface area contributed by atoms with Crippen LogP contribution in [0.1, 0.15) is 30.5 Å². The van der Waals surface area contributed by atoms with Crippen molar-refractivity contribution in [2.75, 3.05) is 4.90 Å². The number of amides is 1. The van der Waals surface area contributed by atoms with Crippen LogP contribution >= 0.6 is 11.8 Å². The van der Waals surface area contributed by atoms with Crippen molar-refractivity contribution in [1.82, 2.24) is 19.7 Å². The zero-order chi connectivity index (χ0) is 23.8. The Bertz CT molecular complexity index is 1350. The molecule has 0 spiro atoms. The van der Waals surface area contributed by atoms with Gasteiger partial charge in [0.25, 0.3) is 0 Å². The van der Waals surface area contributed by atoms with E-state index in [4.69, 9.17) is 0 Å². The number of aromatic nitrogens is 4. The lowest BCUT2D eigenvalue weighted by Crippen LogP contribution is -2.40. The summed E-state index contributed by atoms with van der Waals surface area (Å²) >= 11 is 1.44. The molecule has 0 N–H and O–H groups in total. The fourth-order valence-electron chi connectivity index (χ4n) is 4.44. The van der Waals surface area contributed by atoms with Crippen molar-refractivity contribution in [2.24, 2.45) is 0 Å². The second kappa shape index (κ2) is 9.06. The summed E-state index contributed by atoms with van der Waals surface area (Å²) in [7, 11) is 0. The van der Waals surface area contributed by atoms with E-state index < -0.39 is 0 Å². The Morgan fingerprint density at radius 1 is 1.03 bits per heavy atom. The third-order valence-electron chi connectivity index (χ3n) is 6.40. The molecule has 0 saturated heterocycles. The molecular weight excluding hydrogens is 442 g/mol. The molecule has 1 aliphatic rings. The minimum atomic E-state index is -0.326. The molecular formula is C27H27N5OS. The van der Waals surface area contributed by atoms with Crippen LogP contribution in [0.25, 0.3) is 17.1 Å². The number of anilines is 1. The van der Waals surface area contributed by atoms with Crippen LogP contribution in [0.4, 0.5) is 5.69 Å². The molecule has 2 aromatic heterocycles. The minimum absolute atomic E-state index is 0.0857. The maximum absolute atomic E-state index is 13.6. The van der Waals surface area contributed by atoms with E-state index in [1.54, 1.807) is 12.4 Å². The summed E-state index contributed by atoms with van der Waals surface area (Å²) in [6.45, 7) is 8.25. The van der Waals surface area contributed by atoms with E-state index in [9.17, 15) is 4.79 Å². The maximum atomic E-state index is 13.6. The molecule has 1 amide bonds. The molecule has 3 heterocycles. The number of aryl methyl sites for hydroxylation is 2. The van der Waals surface area contributed by atoms with Gasteiger partial charge in [0.1, 0.15) is 0 Å². The molecule has 4 aromatic rings. The lowest BCUT2D eigenvalue weighted by Gasteiger charge is -2.25. The fraction of sp³-hybridized carbons (Fsp3) is 0.259. The largest absolute Gasteiger partial charge is 0.308 e. The van der Waals surface area contributed by atoms with Crippen molar-refractivity contribution in [2.45, 2.75) is 50.6 Å². The highest BCUT2D eigenvalue weighted by Gasteiger charge is 2.34. The first-order chi connectivity index (χ1) is 16.4. The van der Waals surface area contributed by atoms with Crippen LogP contribution in [0, 0.1) is 13.8 Å². The molecule has 7 heteroatoms. The number of carbonyl (C=O) groups is 1. The molecule has 0 aliphatic carbocycles. The van der Waals surface area contributed by atoms with Gasteiger partial charge in [-0.2, -0.15) is 0 Å². The predicted molar refractivity (Wildman–Crippen MR) is 136 cm³/mol. The number of fused-ring (bicyclic) bond motifs is 1. The van der Waals surface area contributed by atoms with Crippen LogP contribution in [-0.4, -0.2) is 36.9 Å². The van der Waals surface area contributed by atoms with Crippen LogP contribution in [-0.2, 0) is 11.2 Å². The van der Waals surface area contributed by atoms with E-state index in [0.717, 1.165) is 29.2 Å². The Kier molecular flexibility index (Phi) is 5.96. The minimum Gasteiger partial charge on any atom is -0.308 e. The zero-order valence-corrected chi connectivity index (χ0v) is 20.6. The summed E-state index contributed by atoms with van der Waals surface area (Å²) in [4.78, 5) is 19.7. The Morgan fingerprint density at radius 2 is 1.79 bits per heavy atom. The van der Waals surface area contributed by atoms with E-state index in [1.807, 2.05) is 46.7 Å². The van der Waals surface area contributed by atoms with Gasteiger partial charge in [-0.25, -0.2) is 0 Å². The predicted octanol–water partition coefficient (Wildman–Crippen LogP) is 5.40. The van der Waals surface area contributed by atoms with Gasteiger partial charge in [-0.05, 0) is 81.1 Å². The average Bonchev–Trinajstić information content (AvgIpc) is 3.41. The van der Waals surface area contributed by atoms with Crippen molar-refractivity contribution in [3.05, 3.63) is 83.7 Å². The number of rotatable bonds is 5. The Morgan fingerprint density at radius 3 is 2.56 bits per heavy atom. The second-order valence-electron chi connectivity index (χ2n) is 8.80. The third kappa shape index (κ3) is 4.01. The van der Waals surface area contributed by atoms with E-state index in [2.05, 4.69) is 60.2 Å². The Hall–Kier alpha value is -3.45. The summed E-state index contributed by atoms with van der Waals surface area (Å²) in [5.74, 6) is 0.815. The molecule has 2 aromatic carbocycles. The first-order valence-corrected chi connectivity index (χ1v) is 12.3. The topological polar surface area (TPSA) is 63.9 Å². The highest BCUT2D eigenvalue weighted by atomic mass is 32.2. The molecule has 6 nitrogen and oxygen atoms in total. The first-order valence-electron chi connectivity index (χ1n) is 11.4. The number of benzene rings is 2. The van der Waals surface area contributed by atoms with E-state index in [0.29, 0.717) is 5.16 Å². The van der Waals surface area contributed by atoms with Gasteiger partial charge >= 0.3 is 0 Å². The van der Waals surface area contributed by atoms with Crippen LogP contribution in [0.3, 0.4) is 0 Å². The van der Waals surface area contributed by atoms with E-state index in [-0.39, 0.29) is 17.2 Å². The van der Waals surface area contributed by atoms with E-state index in [1.165, 1.54) is 28.5 Å². The molecule has 2 atom stereocenters. The monoisotopic (exact) mass is 469 g/mol. The quantitative estimate of drug-likeness (QED) is 0.366. The van der Waals surface area contributed by atoms with Gasteiger partial charge in [0.2, 0.25) is 5.91 Å². The van der Waals surface area contributed by atoms with Crippen LogP contribution in [0.5, 0.6) is 0 Å². The first kappa shape index (κ1) is 22.3. The molecule has 0 saturated carbocycles. The maximum Gasteiger partial charge on any atom is 0.240 e. The van der Waals surface area contributed by atoms with Crippen molar-refractivity contribution >= 4 is 23.4 Å². The molecule has 1 aliphatic heterocycles. The summed E-state index contributed by atoms with van der Waals surface area (Å²) < 4.78 is 2.04. The van der Waals surface area contributed by atoms with Gasteiger partial charge in [0.05, 0.1) is 10.9 Å². The molecule has 172 valence electrons. The average molecular weight is 470 g/mol. The second-order valence-corrected chi connectivity index (χ2v) is 10.1. The number of nitrogens with zero attached hydrogens (tertiary/aromatic N) is 5. The summed E-state index contributed by atoms with van der Waals surface area (Å²) in [6, 6.07) is 18.5. The number of carbonyl (C=O) groups excluding carboxylic acids is 1. The number of para-hydroxylation sites is 1. The van der Waals surface area contributed by atoms with Gasteiger partial charge < -0.3 is 4.90 Å². The number of hydrogen-bond donors (Lipinski definition) is 0. The molecule has 34 heavy (non-hydrogen) atoms. The Balaban J connectivity index is 1.51. The van der Waals surface area contributed by atoms with Gasteiger partial charge in [-0.15, -0.1) is 10.2 Å². The fourth-order valence-corrected chi connectivity index (χ4v) is 5.35. The third-order valence-corrected chi connectivity index (χ3v) is 7.43. The molecule has 0 fully saturated rings. The summed E-state index contributed by atoms with van der Waals surface area (Å²) in [5.41, 5.74) is 6.55. The van der Waals surface area contributed by atoms with Crippen molar-refractivity contribution in [1.29, 1.82) is 0 Å². The highest BCUT2D eigenvalue weighted by Crippen LogP contribution is 2.36. The molecule has 5 rings (SSSR count). The number of hydrogen-bond acceptors (Lipinski definition) is 5. The van der Waals surface area contributed by atoms with Crippen molar-refractivity contribution in [3.8, 4) is 17.1 Å². The van der Waals surface area contributed by atoms with Crippen LogP contribution in [0.2, 0.25) is 0 Å². The Labute approximate surface area is 204 Å². The normalized spacial score (nSPS) is 15.9. The van der Waals surface area contributed by atoms with E-state index >= 15 is 0 Å². The van der Waals surface area contributed by atoms with Crippen molar-refractivity contribution < 1.29 is 4.79 Å². The summed E-state index contributed by atoms with van der Waals surface area (Å²) in [6.07, 6.45) is 4.38. The number of pyridine rings is 1. The molecule has 2 unspecified atom stereocenters.